The van der Waals surface area contributed by atoms with Crippen LogP contribution < -0.4 is 11.1 Å². The number of alkyl halides is 3. The number of carbonyl (C=O) groups excluding carboxylic acids is 1. The zero-order valence-corrected chi connectivity index (χ0v) is 8.93. The molecular weight excluding hydrogens is 237 g/mol. The Kier molecular flexibility index (Phi) is 3.50. The highest BCUT2D eigenvalue weighted by Gasteiger charge is 2.39. The maximum Gasteiger partial charge on any atom is 0.471 e. The fourth-order valence-electron chi connectivity index (χ4n) is 1.34. The summed E-state index contributed by atoms with van der Waals surface area (Å²) in [4.78, 5) is 10.8. The van der Waals surface area contributed by atoms with Crippen molar-refractivity contribution < 1.29 is 23.1 Å². The highest BCUT2D eigenvalue weighted by atomic mass is 19.4. The Hall–Kier alpha value is -1.92. The molecule has 0 spiro atoms. The first-order valence-electron chi connectivity index (χ1n) is 4.75. The average molecular weight is 248 g/mol. The number of hydrogen-bond donors (Lipinski definition) is 3. The van der Waals surface area contributed by atoms with Crippen LogP contribution in [0.25, 0.3) is 0 Å². The number of hydrogen-bond acceptors (Lipinski definition) is 3. The highest BCUT2D eigenvalue weighted by Crippen LogP contribution is 2.31. The van der Waals surface area contributed by atoms with Gasteiger partial charge in [0, 0.05) is 11.3 Å². The van der Waals surface area contributed by atoms with Crippen LogP contribution in [0.1, 0.15) is 12.5 Å². The number of phenols is 1. The molecule has 0 aromatic heterocycles. The number of carbonyl (C=O) groups is 1. The van der Waals surface area contributed by atoms with Crippen LogP contribution in [0.5, 0.6) is 5.75 Å². The van der Waals surface area contributed by atoms with E-state index in [1.807, 2.05) is 0 Å². The van der Waals surface area contributed by atoms with Crippen LogP contribution in [0.15, 0.2) is 12.1 Å². The molecule has 0 fully saturated rings. The van der Waals surface area contributed by atoms with Gasteiger partial charge in [-0.05, 0) is 18.6 Å². The highest BCUT2D eigenvalue weighted by molar-refractivity contribution is 5.96. The van der Waals surface area contributed by atoms with Crippen molar-refractivity contribution in [3.05, 3.63) is 17.7 Å². The van der Waals surface area contributed by atoms with E-state index in [1.165, 1.54) is 6.07 Å². The average Bonchev–Trinajstić information content (AvgIpc) is 2.22. The number of phenolic OH excluding ortho intramolecular Hbond substituents is 1. The first-order chi connectivity index (χ1) is 7.77. The molecule has 1 aromatic rings. The van der Waals surface area contributed by atoms with Gasteiger partial charge in [0.2, 0.25) is 0 Å². The molecule has 94 valence electrons. The molecule has 0 atom stereocenters. The Bertz CT molecular complexity index is 444. The fourth-order valence-corrected chi connectivity index (χ4v) is 1.34. The fraction of sp³-hybridized carbons (Fsp3) is 0.300. The Morgan fingerprint density at radius 3 is 2.53 bits per heavy atom. The minimum absolute atomic E-state index is 0.0347. The van der Waals surface area contributed by atoms with E-state index >= 15 is 0 Å². The summed E-state index contributed by atoms with van der Waals surface area (Å²) in [5.41, 5.74) is 5.68. The lowest BCUT2D eigenvalue weighted by molar-refractivity contribution is -0.167. The maximum atomic E-state index is 12.1. The first-order valence-corrected chi connectivity index (χ1v) is 4.75. The lowest BCUT2D eigenvalue weighted by Crippen LogP contribution is -2.30. The molecule has 0 heterocycles. The number of nitrogens with two attached hydrogens (primary N) is 1. The van der Waals surface area contributed by atoms with Gasteiger partial charge in [0.1, 0.15) is 5.75 Å². The number of benzene rings is 1. The molecule has 1 rings (SSSR count). The number of nitrogen functional groups attached to an aromatic ring is 1. The van der Waals surface area contributed by atoms with E-state index < -0.39 is 12.1 Å². The number of anilines is 2. The van der Waals surface area contributed by atoms with Crippen molar-refractivity contribution in [2.75, 3.05) is 11.1 Å². The van der Waals surface area contributed by atoms with Crippen LogP contribution in [0.3, 0.4) is 0 Å². The Morgan fingerprint density at radius 1 is 1.47 bits per heavy atom. The topological polar surface area (TPSA) is 75.3 Å². The normalized spacial score (nSPS) is 11.3. The van der Waals surface area contributed by atoms with E-state index in [2.05, 4.69) is 0 Å². The Morgan fingerprint density at radius 2 is 2.06 bits per heavy atom. The number of halogens is 3. The second-order valence-electron chi connectivity index (χ2n) is 3.33. The van der Waals surface area contributed by atoms with Gasteiger partial charge in [-0.3, -0.25) is 4.79 Å². The van der Waals surface area contributed by atoms with Crippen LogP contribution in [0, 0.1) is 0 Å². The molecule has 1 aromatic carbocycles. The lowest BCUT2D eigenvalue weighted by Gasteiger charge is -2.14. The molecule has 1 amide bonds. The van der Waals surface area contributed by atoms with Crippen LogP contribution in [0.2, 0.25) is 0 Å². The van der Waals surface area contributed by atoms with Crippen molar-refractivity contribution in [1.82, 2.24) is 0 Å². The van der Waals surface area contributed by atoms with E-state index in [0.717, 1.165) is 6.07 Å². The van der Waals surface area contributed by atoms with Crippen LogP contribution in [-0.2, 0) is 11.2 Å². The lowest BCUT2D eigenvalue weighted by atomic mass is 10.1. The molecule has 0 aliphatic rings. The quantitative estimate of drug-likeness (QED) is 0.426. The summed E-state index contributed by atoms with van der Waals surface area (Å²) in [5.74, 6) is -2.30. The third-order valence-corrected chi connectivity index (χ3v) is 2.19. The van der Waals surface area contributed by atoms with Gasteiger partial charge in [-0.2, -0.15) is 13.2 Å². The van der Waals surface area contributed by atoms with Crippen molar-refractivity contribution >= 4 is 17.3 Å². The van der Waals surface area contributed by atoms with Crippen molar-refractivity contribution in [2.24, 2.45) is 0 Å². The summed E-state index contributed by atoms with van der Waals surface area (Å²) in [7, 11) is 0. The second kappa shape index (κ2) is 4.52. The van der Waals surface area contributed by atoms with E-state index in [-0.39, 0.29) is 29.1 Å². The summed E-state index contributed by atoms with van der Waals surface area (Å²) in [5, 5.41) is 11.0. The van der Waals surface area contributed by atoms with E-state index in [1.54, 1.807) is 12.2 Å². The first kappa shape index (κ1) is 13.1. The molecule has 0 aliphatic carbocycles. The van der Waals surface area contributed by atoms with Crippen LogP contribution in [0.4, 0.5) is 24.5 Å². The third-order valence-electron chi connectivity index (χ3n) is 2.19. The zero-order valence-electron chi connectivity index (χ0n) is 8.93. The number of nitrogens with one attached hydrogen (secondary N) is 1. The minimum atomic E-state index is -4.96. The predicted molar refractivity (Wildman–Crippen MR) is 56.6 cm³/mol. The maximum absolute atomic E-state index is 12.1. The smallest absolute Gasteiger partial charge is 0.471 e. The van der Waals surface area contributed by atoms with Crippen LogP contribution >= 0.6 is 0 Å². The summed E-state index contributed by atoms with van der Waals surface area (Å²) in [6.07, 6.45) is -4.68. The van der Waals surface area contributed by atoms with Gasteiger partial charge < -0.3 is 16.2 Å². The Labute approximate surface area is 95.2 Å². The van der Waals surface area contributed by atoms with Gasteiger partial charge in [0.15, 0.2) is 0 Å². The number of aromatic hydroxyl groups is 1. The molecule has 7 heteroatoms. The minimum Gasteiger partial charge on any atom is -0.506 e. The van der Waals surface area contributed by atoms with Gasteiger partial charge in [-0.15, -0.1) is 0 Å². The SMILES string of the molecule is CCc1c(NC(=O)C(F)(F)F)ccc(O)c1N. The van der Waals surface area contributed by atoms with Gasteiger partial charge in [0.05, 0.1) is 5.69 Å². The molecule has 0 saturated carbocycles. The van der Waals surface area contributed by atoms with Crippen molar-refractivity contribution in [1.29, 1.82) is 0 Å². The molecule has 0 bridgehead atoms. The van der Waals surface area contributed by atoms with Gasteiger partial charge >= 0.3 is 12.1 Å². The summed E-state index contributed by atoms with van der Waals surface area (Å²) in [6, 6.07) is 2.30. The molecular formula is C10H11F3N2O2. The Balaban J connectivity index is 3.08. The second-order valence-corrected chi connectivity index (χ2v) is 3.33. The third kappa shape index (κ3) is 2.80. The summed E-state index contributed by atoms with van der Waals surface area (Å²) < 4.78 is 36.2. The molecule has 4 nitrogen and oxygen atoms in total. The monoisotopic (exact) mass is 248 g/mol. The molecule has 0 radical (unpaired) electrons. The van der Waals surface area contributed by atoms with E-state index in [0.29, 0.717) is 0 Å². The van der Waals surface area contributed by atoms with Crippen molar-refractivity contribution in [3.8, 4) is 5.75 Å². The van der Waals surface area contributed by atoms with Gasteiger partial charge in [0.25, 0.3) is 0 Å². The molecule has 0 aliphatic heterocycles. The molecule has 0 unspecified atom stereocenters. The largest absolute Gasteiger partial charge is 0.506 e. The number of rotatable bonds is 2. The number of amides is 1. The zero-order chi connectivity index (χ0) is 13.2. The van der Waals surface area contributed by atoms with Crippen molar-refractivity contribution in [3.63, 3.8) is 0 Å². The molecule has 4 N–H and O–H groups in total. The summed E-state index contributed by atoms with van der Waals surface area (Å²) >= 11 is 0. The van der Waals surface area contributed by atoms with Crippen LogP contribution in [-0.4, -0.2) is 17.2 Å². The summed E-state index contributed by atoms with van der Waals surface area (Å²) in [6.45, 7) is 1.65. The van der Waals surface area contributed by atoms with E-state index in [9.17, 15) is 23.1 Å². The van der Waals surface area contributed by atoms with Gasteiger partial charge in [-0.1, -0.05) is 6.92 Å². The predicted octanol–water partition coefficient (Wildman–Crippen LogP) is 2.04. The molecule has 0 saturated heterocycles. The van der Waals surface area contributed by atoms with E-state index in [4.69, 9.17) is 5.73 Å². The van der Waals surface area contributed by atoms with Crippen molar-refractivity contribution in [2.45, 2.75) is 19.5 Å². The standard InChI is InChI=1S/C10H11F3N2O2/c1-2-5-6(3-4-7(16)8(5)14)15-9(17)10(11,12)13/h3-4,16H,2,14H2,1H3,(H,15,17). The van der Waals surface area contributed by atoms with Gasteiger partial charge in [-0.25, -0.2) is 0 Å². The molecule has 17 heavy (non-hydrogen) atoms.